The SMILES string of the molecule is COc1cc2c(c(OC)c1OC)-c1ccc(NCCCCCC(=O)NCCc3ccncc3)c(=O)cc1[C@@H](NC(C)=O)CC2. The molecule has 0 radical (unpaired) electrons. The van der Waals surface area contributed by atoms with Crippen molar-refractivity contribution in [3.63, 3.8) is 0 Å². The van der Waals surface area contributed by atoms with Gasteiger partial charge < -0.3 is 30.2 Å². The number of unbranched alkanes of at least 4 members (excludes halogenated alkanes) is 2. The summed E-state index contributed by atoms with van der Waals surface area (Å²) in [7, 11) is 4.72. The highest BCUT2D eigenvalue weighted by Gasteiger charge is 2.29. The predicted molar refractivity (Wildman–Crippen MR) is 171 cm³/mol. The van der Waals surface area contributed by atoms with E-state index in [1.54, 1.807) is 45.9 Å². The van der Waals surface area contributed by atoms with Gasteiger partial charge in [0.15, 0.2) is 11.5 Å². The number of pyridine rings is 1. The van der Waals surface area contributed by atoms with Crippen molar-refractivity contribution in [3.05, 3.63) is 75.7 Å². The monoisotopic (exact) mass is 602 g/mol. The minimum absolute atomic E-state index is 0.0455. The molecule has 1 aromatic heterocycles. The summed E-state index contributed by atoms with van der Waals surface area (Å²) in [6.07, 6.45) is 8.41. The number of carbonyl (C=O) groups is 2. The van der Waals surface area contributed by atoms with Gasteiger partial charge in [-0.3, -0.25) is 19.4 Å². The van der Waals surface area contributed by atoms with Crippen molar-refractivity contribution in [2.75, 3.05) is 39.7 Å². The number of anilines is 1. The highest BCUT2D eigenvalue weighted by atomic mass is 16.5. The van der Waals surface area contributed by atoms with Crippen LogP contribution >= 0.6 is 0 Å². The molecule has 3 aromatic rings. The first-order chi connectivity index (χ1) is 21.4. The van der Waals surface area contributed by atoms with E-state index >= 15 is 0 Å². The molecule has 1 aliphatic rings. The lowest BCUT2D eigenvalue weighted by Gasteiger charge is -2.19. The molecule has 10 heteroatoms. The van der Waals surface area contributed by atoms with Crippen LogP contribution in [0.1, 0.15) is 61.8 Å². The molecule has 234 valence electrons. The molecule has 3 N–H and O–H groups in total. The fourth-order valence-corrected chi connectivity index (χ4v) is 5.65. The number of hydrogen-bond acceptors (Lipinski definition) is 8. The number of nitrogens with one attached hydrogen (secondary N) is 3. The van der Waals surface area contributed by atoms with Crippen LogP contribution in [0, 0.1) is 0 Å². The zero-order valence-corrected chi connectivity index (χ0v) is 26.0. The molecule has 4 rings (SSSR count). The van der Waals surface area contributed by atoms with Crippen LogP contribution < -0.4 is 35.6 Å². The fourth-order valence-electron chi connectivity index (χ4n) is 5.65. The average Bonchev–Trinajstić information content (AvgIpc) is 3.26. The van der Waals surface area contributed by atoms with E-state index in [0.29, 0.717) is 55.3 Å². The van der Waals surface area contributed by atoms with E-state index in [0.717, 1.165) is 53.5 Å². The molecule has 1 atom stereocenters. The Morgan fingerprint density at radius 2 is 1.70 bits per heavy atom. The van der Waals surface area contributed by atoms with E-state index < -0.39 is 0 Å². The standard InChI is InChI=1S/C34H42N4O6/c1-22(39)38-27-11-9-24-20-30(42-2)33(43-3)34(44-4)32(24)25-10-12-28(29(40)21-26(25)27)36-16-7-5-6-8-31(41)37-19-15-23-13-17-35-18-14-23/h10,12-14,17-18,20-21,27H,5-9,11,15-16,19H2,1-4H3,(H,36,40)(H,37,41)(H,38,39)/t27-/m0/s1. The van der Waals surface area contributed by atoms with Gasteiger partial charge in [0.1, 0.15) is 0 Å². The first kappa shape index (κ1) is 32.3. The van der Waals surface area contributed by atoms with Crippen molar-refractivity contribution in [1.82, 2.24) is 15.6 Å². The molecular formula is C34H42N4O6. The molecule has 0 fully saturated rings. The number of aromatic nitrogens is 1. The number of rotatable bonds is 14. The van der Waals surface area contributed by atoms with E-state index in [2.05, 4.69) is 20.9 Å². The van der Waals surface area contributed by atoms with Crippen molar-refractivity contribution in [1.29, 1.82) is 0 Å². The first-order valence-electron chi connectivity index (χ1n) is 15.0. The molecule has 44 heavy (non-hydrogen) atoms. The number of aryl methyl sites for hydroxylation is 1. The Morgan fingerprint density at radius 3 is 2.41 bits per heavy atom. The lowest BCUT2D eigenvalue weighted by molar-refractivity contribution is -0.121. The smallest absolute Gasteiger partial charge is 0.220 e. The number of ether oxygens (including phenoxy) is 3. The van der Waals surface area contributed by atoms with Gasteiger partial charge in [0, 0.05) is 44.4 Å². The summed E-state index contributed by atoms with van der Waals surface area (Å²) in [5, 5.41) is 9.28. The second kappa shape index (κ2) is 15.7. The van der Waals surface area contributed by atoms with E-state index in [4.69, 9.17) is 14.2 Å². The molecule has 2 amide bonds. The van der Waals surface area contributed by atoms with Gasteiger partial charge in [-0.05, 0) is 84.7 Å². The predicted octanol–water partition coefficient (Wildman–Crippen LogP) is 4.59. The van der Waals surface area contributed by atoms with Crippen LogP contribution in [0.4, 0.5) is 5.69 Å². The number of nitrogens with zero attached hydrogens (tertiary/aromatic N) is 1. The van der Waals surface area contributed by atoms with Crippen molar-refractivity contribution in [3.8, 4) is 28.4 Å². The third kappa shape index (κ3) is 8.06. The van der Waals surface area contributed by atoms with Gasteiger partial charge in [-0.2, -0.15) is 0 Å². The maximum Gasteiger partial charge on any atom is 0.220 e. The Kier molecular flexibility index (Phi) is 11.6. The van der Waals surface area contributed by atoms with Crippen molar-refractivity contribution < 1.29 is 23.8 Å². The summed E-state index contributed by atoms with van der Waals surface area (Å²) in [6, 6.07) is 10.8. The second-order valence-corrected chi connectivity index (χ2v) is 10.8. The van der Waals surface area contributed by atoms with E-state index in [1.165, 1.54) is 6.92 Å². The normalized spacial score (nSPS) is 13.5. The minimum atomic E-state index is -0.361. The summed E-state index contributed by atoms with van der Waals surface area (Å²) in [6.45, 7) is 2.67. The zero-order chi connectivity index (χ0) is 31.5. The third-order valence-electron chi connectivity index (χ3n) is 7.80. The lowest BCUT2D eigenvalue weighted by Crippen LogP contribution is -2.26. The van der Waals surface area contributed by atoms with Crippen LogP contribution in [0.15, 0.2) is 53.6 Å². The summed E-state index contributed by atoms with van der Waals surface area (Å²) in [5.41, 5.74) is 4.74. The topological polar surface area (TPSA) is 128 Å². The van der Waals surface area contributed by atoms with Gasteiger partial charge in [-0.15, -0.1) is 0 Å². The van der Waals surface area contributed by atoms with Crippen LogP contribution in [-0.2, 0) is 22.4 Å². The summed E-state index contributed by atoms with van der Waals surface area (Å²) in [5.74, 6) is 1.41. The molecule has 0 saturated carbocycles. The Morgan fingerprint density at radius 1 is 0.932 bits per heavy atom. The highest BCUT2D eigenvalue weighted by Crippen LogP contribution is 2.50. The number of methoxy groups -OCH3 is 3. The lowest BCUT2D eigenvalue weighted by atomic mass is 9.95. The van der Waals surface area contributed by atoms with Crippen LogP contribution in [0.3, 0.4) is 0 Å². The Labute approximate surface area is 258 Å². The fraction of sp³-hybridized carbons (Fsp3) is 0.412. The Balaban J connectivity index is 1.44. The molecule has 1 heterocycles. The summed E-state index contributed by atoms with van der Waals surface area (Å²) in [4.78, 5) is 41.8. The van der Waals surface area contributed by atoms with Crippen molar-refractivity contribution >= 4 is 17.5 Å². The molecule has 0 spiro atoms. The largest absolute Gasteiger partial charge is 0.493 e. The van der Waals surface area contributed by atoms with Crippen LogP contribution in [0.2, 0.25) is 0 Å². The van der Waals surface area contributed by atoms with Gasteiger partial charge in [0.05, 0.1) is 33.1 Å². The molecule has 0 bridgehead atoms. The molecule has 1 aliphatic carbocycles. The van der Waals surface area contributed by atoms with Crippen molar-refractivity contribution in [2.24, 2.45) is 0 Å². The molecule has 2 aromatic carbocycles. The number of benzene rings is 1. The van der Waals surface area contributed by atoms with E-state index in [9.17, 15) is 14.4 Å². The molecule has 0 aliphatic heterocycles. The zero-order valence-electron chi connectivity index (χ0n) is 26.0. The van der Waals surface area contributed by atoms with Crippen LogP contribution in [0.5, 0.6) is 17.2 Å². The molecule has 0 unspecified atom stereocenters. The number of amides is 2. The van der Waals surface area contributed by atoms with Gasteiger partial charge >= 0.3 is 0 Å². The van der Waals surface area contributed by atoms with Gasteiger partial charge in [-0.25, -0.2) is 0 Å². The number of hydrogen-bond donors (Lipinski definition) is 3. The maximum absolute atomic E-state index is 13.4. The average molecular weight is 603 g/mol. The van der Waals surface area contributed by atoms with Crippen LogP contribution in [-0.4, -0.2) is 51.2 Å². The van der Waals surface area contributed by atoms with Crippen molar-refractivity contribution in [2.45, 2.75) is 57.9 Å². The van der Waals surface area contributed by atoms with Gasteiger partial charge in [0.25, 0.3) is 0 Å². The van der Waals surface area contributed by atoms with Gasteiger partial charge in [0.2, 0.25) is 23.0 Å². The van der Waals surface area contributed by atoms with Gasteiger partial charge in [-0.1, -0.05) is 12.5 Å². The highest BCUT2D eigenvalue weighted by molar-refractivity contribution is 5.83. The Bertz CT molecular complexity index is 1510. The maximum atomic E-state index is 13.4. The van der Waals surface area contributed by atoms with Crippen LogP contribution in [0.25, 0.3) is 11.1 Å². The van der Waals surface area contributed by atoms with E-state index in [-0.39, 0.29) is 23.3 Å². The molecule has 10 nitrogen and oxygen atoms in total. The number of fused-ring (bicyclic) bond motifs is 3. The Hall–Kier alpha value is -4.60. The molecular weight excluding hydrogens is 560 g/mol. The third-order valence-corrected chi connectivity index (χ3v) is 7.80. The summed E-state index contributed by atoms with van der Waals surface area (Å²) < 4.78 is 17.1. The minimum Gasteiger partial charge on any atom is -0.493 e. The first-order valence-corrected chi connectivity index (χ1v) is 15.0. The molecule has 0 saturated heterocycles. The summed E-state index contributed by atoms with van der Waals surface area (Å²) >= 11 is 0. The second-order valence-electron chi connectivity index (χ2n) is 10.8. The number of carbonyl (C=O) groups excluding carboxylic acids is 2. The van der Waals surface area contributed by atoms with E-state index in [1.807, 2.05) is 24.3 Å². The quantitative estimate of drug-likeness (QED) is 0.229.